The molecule has 0 unspecified atom stereocenters. The van der Waals surface area contributed by atoms with E-state index < -0.39 is 0 Å². The molecule has 0 bridgehead atoms. The second-order valence-corrected chi connectivity index (χ2v) is 9.38. The van der Waals surface area contributed by atoms with Crippen LogP contribution in [0.5, 0.6) is 17.2 Å². The van der Waals surface area contributed by atoms with Gasteiger partial charge in [0, 0.05) is 5.57 Å². The van der Waals surface area contributed by atoms with Gasteiger partial charge in [-0.1, -0.05) is 33.8 Å². The number of fused-ring (bicyclic) bond motifs is 2. The van der Waals surface area contributed by atoms with E-state index in [0.29, 0.717) is 22.6 Å². The van der Waals surface area contributed by atoms with Crippen LogP contribution in [0, 0.1) is 0 Å². The molecule has 4 heteroatoms. The molecule has 0 saturated carbocycles. The molecule has 1 N–H and O–H groups in total. The Kier molecular flexibility index (Phi) is 4.49. The van der Waals surface area contributed by atoms with Crippen LogP contribution in [0.25, 0.3) is 6.08 Å². The molecule has 0 spiro atoms. The first-order valence-corrected chi connectivity index (χ1v) is 10.1. The first-order valence-electron chi connectivity index (χ1n) is 10.1. The molecule has 2 aromatic carbocycles. The molecular weight excluding hydrogens is 364 g/mol. The Bertz CT molecular complexity index is 1030. The van der Waals surface area contributed by atoms with Crippen molar-refractivity contribution in [3.8, 4) is 17.2 Å². The van der Waals surface area contributed by atoms with Gasteiger partial charge in [0.2, 0.25) is 0 Å². The number of benzene rings is 2. The van der Waals surface area contributed by atoms with Gasteiger partial charge in [-0.05, 0) is 70.7 Å². The molecule has 1 aliphatic heterocycles. The van der Waals surface area contributed by atoms with Crippen LogP contribution < -0.4 is 9.47 Å². The van der Waals surface area contributed by atoms with Crippen LogP contribution >= 0.6 is 0 Å². The average Bonchev–Trinajstić information content (AvgIpc) is 2.67. The molecule has 1 heterocycles. The van der Waals surface area contributed by atoms with E-state index in [0.717, 1.165) is 18.4 Å². The van der Waals surface area contributed by atoms with Gasteiger partial charge in [0.1, 0.15) is 12.4 Å². The van der Waals surface area contributed by atoms with E-state index in [-0.39, 0.29) is 29.0 Å². The Morgan fingerprint density at radius 2 is 1.69 bits per heavy atom. The summed E-state index contributed by atoms with van der Waals surface area (Å²) in [5.41, 5.74) is 4.57. The van der Waals surface area contributed by atoms with Gasteiger partial charge in [-0.3, -0.25) is 4.79 Å². The SMILES string of the molecule is COc1ccc(/C=C2\COc3cc4c(cc3C2=O)C(C)(C)CCC4(C)C)cc1O. The van der Waals surface area contributed by atoms with Crippen molar-refractivity contribution in [1.82, 2.24) is 0 Å². The van der Waals surface area contributed by atoms with Crippen molar-refractivity contribution in [2.24, 2.45) is 0 Å². The van der Waals surface area contributed by atoms with E-state index in [2.05, 4.69) is 33.8 Å². The third-order valence-electron chi connectivity index (χ3n) is 6.42. The smallest absolute Gasteiger partial charge is 0.196 e. The Morgan fingerprint density at radius 1 is 1.03 bits per heavy atom. The number of carbonyl (C=O) groups is 1. The van der Waals surface area contributed by atoms with E-state index in [9.17, 15) is 9.90 Å². The van der Waals surface area contributed by atoms with Crippen molar-refractivity contribution in [2.45, 2.75) is 51.4 Å². The largest absolute Gasteiger partial charge is 0.504 e. The number of phenols is 1. The predicted molar refractivity (Wildman–Crippen MR) is 114 cm³/mol. The monoisotopic (exact) mass is 392 g/mol. The molecule has 2 aromatic rings. The minimum absolute atomic E-state index is 0.0106. The molecule has 152 valence electrons. The topological polar surface area (TPSA) is 55.8 Å². The number of hydrogen-bond donors (Lipinski definition) is 1. The maximum absolute atomic E-state index is 13.3. The van der Waals surface area contributed by atoms with Crippen molar-refractivity contribution < 1.29 is 19.4 Å². The van der Waals surface area contributed by atoms with E-state index >= 15 is 0 Å². The van der Waals surface area contributed by atoms with Gasteiger partial charge in [-0.2, -0.15) is 0 Å². The molecule has 0 saturated heterocycles. The lowest BCUT2D eigenvalue weighted by atomic mass is 9.62. The molecule has 0 amide bonds. The fourth-order valence-corrected chi connectivity index (χ4v) is 4.39. The van der Waals surface area contributed by atoms with Crippen molar-refractivity contribution in [3.63, 3.8) is 0 Å². The summed E-state index contributed by atoms with van der Waals surface area (Å²) in [6.07, 6.45) is 3.99. The molecule has 29 heavy (non-hydrogen) atoms. The second-order valence-electron chi connectivity index (χ2n) is 9.38. The van der Waals surface area contributed by atoms with E-state index in [4.69, 9.17) is 9.47 Å². The Balaban J connectivity index is 1.76. The van der Waals surface area contributed by atoms with Crippen LogP contribution in [0.15, 0.2) is 35.9 Å². The summed E-state index contributed by atoms with van der Waals surface area (Å²) in [4.78, 5) is 13.3. The molecule has 4 nitrogen and oxygen atoms in total. The van der Waals surface area contributed by atoms with Gasteiger partial charge in [0.15, 0.2) is 17.3 Å². The van der Waals surface area contributed by atoms with E-state index in [1.807, 2.05) is 12.1 Å². The lowest BCUT2D eigenvalue weighted by molar-refractivity contribution is 0.1000. The summed E-state index contributed by atoms with van der Waals surface area (Å²) < 4.78 is 11.1. The molecule has 0 fully saturated rings. The first-order chi connectivity index (χ1) is 13.6. The fraction of sp³-hybridized carbons (Fsp3) is 0.400. The Labute approximate surface area is 172 Å². The number of phenolic OH excluding ortho intramolecular Hbond substituents is 1. The first kappa shape index (κ1) is 19.6. The van der Waals surface area contributed by atoms with Gasteiger partial charge in [-0.15, -0.1) is 0 Å². The zero-order chi connectivity index (χ0) is 21.0. The highest BCUT2D eigenvalue weighted by Gasteiger charge is 2.39. The van der Waals surface area contributed by atoms with Crippen LogP contribution in [0.3, 0.4) is 0 Å². The van der Waals surface area contributed by atoms with E-state index in [1.54, 1.807) is 18.2 Å². The summed E-state index contributed by atoms with van der Waals surface area (Å²) >= 11 is 0. The van der Waals surface area contributed by atoms with Gasteiger partial charge in [-0.25, -0.2) is 0 Å². The summed E-state index contributed by atoms with van der Waals surface area (Å²) in [5.74, 6) is 1.11. The molecule has 4 rings (SSSR count). The number of hydrogen-bond acceptors (Lipinski definition) is 4. The minimum atomic E-state index is -0.0106. The summed E-state index contributed by atoms with van der Waals surface area (Å²) in [7, 11) is 1.51. The lowest BCUT2D eigenvalue weighted by Gasteiger charge is -2.42. The van der Waals surface area contributed by atoms with E-state index in [1.165, 1.54) is 18.2 Å². The highest BCUT2D eigenvalue weighted by molar-refractivity contribution is 6.14. The van der Waals surface area contributed by atoms with Crippen molar-refractivity contribution >= 4 is 11.9 Å². The Morgan fingerprint density at radius 3 is 2.31 bits per heavy atom. The maximum Gasteiger partial charge on any atom is 0.196 e. The third-order valence-corrected chi connectivity index (χ3v) is 6.42. The number of Topliss-reactive ketones (excluding diaryl/α,β-unsaturated/α-hetero) is 1. The zero-order valence-corrected chi connectivity index (χ0v) is 17.8. The quantitative estimate of drug-likeness (QED) is 0.695. The molecular formula is C25H28O4. The predicted octanol–water partition coefficient (Wildman–Crippen LogP) is 5.41. The standard InChI is InChI=1S/C25H28O4/c1-24(2)8-9-25(3,4)19-13-22-17(12-18(19)24)23(27)16(14-29-22)10-15-6-7-21(28-5)20(26)11-15/h6-7,10-13,26H,8-9,14H2,1-5H3/b16-10+. The number of methoxy groups -OCH3 is 1. The van der Waals surface area contributed by atoms with Crippen LogP contribution in [0.1, 0.15) is 67.6 Å². The van der Waals surface area contributed by atoms with Gasteiger partial charge >= 0.3 is 0 Å². The second kappa shape index (κ2) is 6.65. The van der Waals surface area contributed by atoms with Gasteiger partial charge < -0.3 is 14.6 Å². The van der Waals surface area contributed by atoms with Crippen LogP contribution in [-0.2, 0) is 10.8 Å². The van der Waals surface area contributed by atoms with Crippen molar-refractivity contribution in [2.75, 3.05) is 13.7 Å². The summed E-state index contributed by atoms with van der Waals surface area (Å²) in [5, 5.41) is 10.0. The highest BCUT2D eigenvalue weighted by atomic mass is 16.5. The molecule has 0 radical (unpaired) electrons. The molecule has 0 aromatic heterocycles. The Hall–Kier alpha value is -2.75. The number of ketones is 1. The molecule has 2 aliphatic rings. The summed E-state index contributed by atoms with van der Waals surface area (Å²) in [6, 6.07) is 9.22. The van der Waals surface area contributed by atoms with Gasteiger partial charge in [0.25, 0.3) is 0 Å². The highest BCUT2D eigenvalue weighted by Crippen LogP contribution is 2.48. The molecule has 0 atom stereocenters. The van der Waals surface area contributed by atoms with Crippen molar-refractivity contribution in [3.05, 3.63) is 58.2 Å². The third kappa shape index (κ3) is 3.31. The van der Waals surface area contributed by atoms with Crippen LogP contribution in [0.4, 0.5) is 0 Å². The average molecular weight is 392 g/mol. The number of aromatic hydroxyl groups is 1. The normalized spacial score (nSPS) is 20.6. The van der Waals surface area contributed by atoms with Crippen LogP contribution in [-0.4, -0.2) is 24.6 Å². The number of carbonyl (C=O) groups excluding carboxylic acids is 1. The lowest BCUT2D eigenvalue weighted by Crippen LogP contribution is -2.34. The summed E-state index contributed by atoms with van der Waals surface area (Å²) in [6.45, 7) is 9.25. The fourth-order valence-electron chi connectivity index (χ4n) is 4.39. The number of rotatable bonds is 2. The maximum atomic E-state index is 13.3. The molecule has 1 aliphatic carbocycles. The van der Waals surface area contributed by atoms with Crippen LogP contribution in [0.2, 0.25) is 0 Å². The van der Waals surface area contributed by atoms with Crippen molar-refractivity contribution in [1.29, 1.82) is 0 Å². The number of ether oxygens (including phenoxy) is 2. The zero-order valence-electron chi connectivity index (χ0n) is 17.8. The van der Waals surface area contributed by atoms with Gasteiger partial charge in [0.05, 0.1) is 12.7 Å². The minimum Gasteiger partial charge on any atom is -0.504 e.